The molecule has 1 N–H and O–H groups in total. The lowest BCUT2D eigenvalue weighted by Gasteiger charge is -2.11. The zero-order valence-electron chi connectivity index (χ0n) is 13.9. The fourth-order valence-corrected chi connectivity index (χ4v) is 1.98. The van der Waals surface area contributed by atoms with Crippen molar-refractivity contribution >= 4 is 29.6 Å². The predicted octanol–water partition coefficient (Wildman–Crippen LogP) is 3.09. The number of carbonyl (C=O) groups is 1. The molecule has 7 nitrogen and oxygen atoms in total. The summed E-state index contributed by atoms with van der Waals surface area (Å²) in [4.78, 5) is 23.9. The van der Waals surface area contributed by atoms with E-state index in [1.165, 1.54) is 30.5 Å². The predicted molar refractivity (Wildman–Crippen MR) is 98.9 cm³/mol. The standard InChI is InChI=1S/C18H18N4O3/c1-21(2)16-9-5-14(6-10-16)4-3-13-19-20-18(23)15-7-11-17(12-8-15)22(24)25/h3-13H,1-2H3,(H,20,23)/b4-3+,19-13?. The number of hydrogen-bond acceptors (Lipinski definition) is 5. The van der Waals surface area contributed by atoms with Crippen LogP contribution in [0.15, 0.2) is 59.7 Å². The first-order valence-electron chi connectivity index (χ1n) is 7.49. The van der Waals surface area contributed by atoms with E-state index < -0.39 is 10.8 Å². The van der Waals surface area contributed by atoms with Gasteiger partial charge in [0.2, 0.25) is 0 Å². The average Bonchev–Trinajstić information content (AvgIpc) is 2.61. The van der Waals surface area contributed by atoms with Gasteiger partial charge in [0, 0.05) is 43.7 Å². The Morgan fingerprint density at radius 1 is 1.12 bits per heavy atom. The molecular weight excluding hydrogens is 320 g/mol. The first-order valence-corrected chi connectivity index (χ1v) is 7.49. The van der Waals surface area contributed by atoms with Gasteiger partial charge in [0.05, 0.1) is 4.92 Å². The van der Waals surface area contributed by atoms with Crippen molar-refractivity contribution in [3.05, 3.63) is 75.8 Å². The van der Waals surface area contributed by atoms with E-state index in [2.05, 4.69) is 10.5 Å². The molecule has 0 unspecified atom stereocenters. The molecule has 0 saturated heterocycles. The minimum atomic E-state index is -0.518. The molecule has 2 aromatic rings. The molecule has 2 aromatic carbocycles. The first-order chi connectivity index (χ1) is 12.0. The zero-order chi connectivity index (χ0) is 18.2. The molecule has 0 heterocycles. The highest BCUT2D eigenvalue weighted by Crippen LogP contribution is 2.13. The third kappa shape index (κ3) is 5.28. The molecule has 0 fully saturated rings. The second-order valence-corrected chi connectivity index (χ2v) is 5.37. The lowest BCUT2D eigenvalue weighted by atomic mass is 10.2. The molecule has 0 aromatic heterocycles. The maximum absolute atomic E-state index is 11.8. The number of allylic oxidation sites excluding steroid dienone is 1. The summed E-state index contributed by atoms with van der Waals surface area (Å²) in [6, 6.07) is 13.3. The molecule has 0 aliphatic heterocycles. The molecular formula is C18H18N4O3. The van der Waals surface area contributed by atoms with Crippen LogP contribution in [-0.2, 0) is 0 Å². The first kappa shape index (κ1) is 17.9. The Hall–Kier alpha value is -3.48. The lowest BCUT2D eigenvalue weighted by molar-refractivity contribution is -0.384. The average molecular weight is 338 g/mol. The fraction of sp³-hybridized carbons (Fsp3) is 0.111. The largest absolute Gasteiger partial charge is 0.378 e. The van der Waals surface area contributed by atoms with Crippen molar-refractivity contribution in [1.29, 1.82) is 0 Å². The van der Waals surface area contributed by atoms with Crippen molar-refractivity contribution in [2.45, 2.75) is 0 Å². The zero-order valence-corrected chi connectivity index (χ0v) is 13.9. The van der Waals surface area contributed by atoms with E-state index in [1.54, 1.807) is 6.08 Å². The number of anilines is 1. The maximum atomic E-state index is 11.8. The van der Waals surface area contributed by atoms with Gasteiger partial charge in [-0.3, -0.25) is 14.9 Å². The van der Waals surface area contributed by atoms with Crippen molar-refractivity contribution in [3.63, 3.8) is 0 Å². The van der Waals surface area contributed by atoms with Gasteiger partial charge in [0.1, 0.15) is 0 Å². The van der Waals surface area contributed by atoms with Crippen LogP contribution in [0.1, 0.15) is 15.9 Å². The lowest BCUT2D eigenvalue weighted by Crippen LogP contribution is -2.17. The molecule has 0 saturated carbocycles. The number of amides is 1. The second kappa shape index (κ2) is 8.39. The van der Waals surface area contributed by atoms with E-state index in [4.69, 9.17) is 0 Å². The number of nitrogens with one attached hydrogen (secondary N) is 1. The minimum Gasteiger partial charge on any atom is -0.378 e. The number of benzene rings is 2. The van der Waals surface area contributed by atoms with Gasteiger partial charge in [-0.2, -0.15) is 5.10 Å². The number of non-ortho nitro benzene ring substituents is 1. The van der Waals surface area contributed by atoms with E-state index in [1.807, 2.05) is 49.3 Å². The molecule has 7 heteroatoms. The van der Waals surface area contributed by atoms with Crippen LogP contribution < -0.4 is 10.3 Å². The van der Waals surface area contributed by atoms with Gasteiger partial charge in [-0.15, -0.1) is 0 Å². The molecule has 128 valence electrons. The molecule has 25 heavy (non-hydrogen) atoms. The molecule has 2 rings (SSSR count). The van der Waals surface area contributed by atoms with Gasteiger partial charge >= 0.3 is 0 Å². The summed E-state index contributed by atoms with van der Waals surface area (Å²) in [5, 5.41) is 14.4. The Kier molecular flexibility index (Phi) is 6.00. The Balaban J connectivity index is 1.87. The van der Waals surface area contributed by atoms with Gasteiger partial charge in [-0.25, -0.2) is 5.43 Å². The van der Waals surface area contributed by atoms with E-state index in [0.717, 1.165) is 11.3 Å². The summed E-state index contributed by atoms with van der Waals surface area (Å²) in [6.07, 6.45) is 5.03. The minimum absolute atomic E-state index is 0.0664. The number of rotatable bonds is 6. The Morgan fingerprint density at radius 2 is 1.76 bits per heavy atom. The van der Waals surface area contributed by atoms with E-state index in [-0.39, 0.29) is 5.69 Å². The quantitative estimate of drug-likeness (QED) is 0.498. The van der Waals surface area contributed by atoms with Crippen molar-refractivity contribution in [2.75, 3.05) is 19.0 Å². The van der Waals surface area contributed by atoms with Crippen LogP contribution in [0, 0.1) is 10.1 Å². The van der Waals surface area contributed by atoms with Gasteiger partial charge in [-0.1, -0.05) is 18.2 Å². The van der Waals surface area contributed by atoms with E-state index in [0.29, 0.717) is 5.56 Å². The topological polar surface area (TPSA) is 87.8 Å². The molecule has 0 spiro atoms. The third-order valence-corrected chi connectivity index (χ3v) is 3.37. The van der Waals surface area contributed by atoms with Crippen LogP contribution in [-0.4, -0.2) is 31.1 Å². The second-order valence-electron chi connectivity index (χ2n) is 5.37. The highest BCUT2D eigenvalue weighted by atomic mass is 16.6. The van der Waals surface area contributed by atoms with E-state index in [9.17, 15) is 14.9 Å². The van der Waals surface area contributed by atoms with Crippen LogP contribution in [0.25, 0.3) is 6.08 Å². The smallest absolute Gasteiger partial charge is 0.271 e. The summed E-state index contributed by atoms with van der Waals surface area (Å²) in [5.41, 5.74) is 4.72. The highest BCUT2D eigenvalue weighted by Gasteiger charge is 2.08. The number of carbonyl (C=O) groups excluding carboxylic acids is 1. The molecule has 0 atom stereocenters. The van der Waals surface area contributed by atoms with Gasteiger partial charge in [-0.05, 0) is 35.9 Å². The van der Waals surface area contributed by atoms with Crippen LogP contribution >= 0.6 is 0 Å². The third-order valence-electron chi connectivity index (χ3n) is 3.37. The summed E-state index contributed by atoms with van der Waals surface area (Å²) in [6.45, 7) is 0. The van der Waals surface area contributed by atoms with Gasteiger partial charge < -0.3 is 4.90 Å². The number of nitro groups is 1. The normalized spacial score (nSPS) is 11.0. The number of hydrogen-bond donors (Lipinski definition) is 1. The Labute approximate surface area is 145 Å². The Bertz CT molecular complexity index is 794. The monoisotopic (exact) mass is 338 g/mol. The van der Waals surface area contributed by atoms with Crippen molar-refractivity contribution in [2.24, 2.45) is 5.10 Å². The number of hydrazone groups is 1. The van der Waals surface area contributed by atoms with Crippen molar-refractivity contribution in [3.8, 4) is 0 Å². The Morgan fingerprint density at radius 3 is 2.32 bits per heavy atom. The van der Waals surface area contributed by atoms with Crippen LogP contribution in [0.3, 0.4) is 0 Å². The summed E-state index contributed by atoms with van der Waals surface area (Å²) in [5.74, 6) is -0.435. The van der Waals surface area contributed by atoms with Gasteiger partial charge in [0.25, 0.3) is 11.6 Å². The molecule has 0 bridgehead atoms. The van der Waals surface area contributed by atoms with Crippen LogP contribution in [0.2, 0.25) is 0 Å². The summed E-state index contributed by atoms with van der Waals surface area (Å²) in [7, 11) is 3.95. The SMILES string of the molecule is CN(C)c1ccc(/C=C/C=NNC(=O)c2ccc([N+](=O)[O-])cc2)cc1. The van der Waals surface area contributed by atoms with Gasteiger partial charge in [0.15, 0.2) is 0 Å². The van der Waals surface area contributed by atoms with Crippen LogP contribution in [0.4, 0.5) is 11.4 Å². The van der Waals surface area contributed by atoms with E-state index >= 15 is 0 Å². The van der Waals surface area contributed by atoms with Crippen molar-refractivity contribution < 1.29 is 9.72 Å². The molecule has 0 aliphatic rings. The fourth-order valence-electron chi connectivity index (χ4n) is 1.98. The van der Waals surface area contributed by atoms with Crippen LogP contribution in [0.5, 0.6) is 0 Å². The summed E-state index contributed by atoms with van der Waals surface area (Å²) >= 11 is 0. The molecule has 0 radical (unpaired) electrons. The number of nitrogens with zero attached hydrogens (tertiary/aromatic N) is 3. The number of nitro benzene ring substituents is 1. The van der Waals surface area contributed by atoms with Crippen molar-refractivity contribution in [1.82, 2.24) is 5.43 Å². The maximum Gasteiger partial charge on any atom is 0.271 e. The molecule has 0 aliphatic carbocycles. The highest BCUT2D eigenvalue weighted by molar-refractivity contribution is 5.94. The summed E-state index contributed by atoms with van der Waals surface area (Å²) < 4.78 is 0. The molecule has 1 amide bonds.